The van der Waals surface area contributed by atoms with Crippen LogP contribution in [0.4, 0.5) is 0 Å². The number of thiophene rings is 1. The fraction of sp³-hybridized carbons (Fsp3) is 0.562. The Bertz CT molecular complexity index is 401. The molecule has 1 N–H and O–H groups in total. The Hall–Kier alpha value is -1.13. The van der Waals surface area contributed by atoms with Crippen LogP contribution in [0.15, 0.2) is 30.2 Å². The highest BCUT2D eigenvalue weighted by Gasteiger charge is 2.20. The molecule has 0 aliphatic rings. The third-order valence-corrected chi connectivity index (χ3v) is 3.96. The molecule has 0 saturated carbocycles. The largest absolute Gasteiger partial charge is 0.368 e. The van der Waals surface area contributed by atoms with Gasteiger partial charge < -0.3 is 10.1 Å². The van der Waals surface area contributed by atoms with Crippen molar-refractivity contribution < 1.29 is 9.53 Å². The van der Waals surface area contributed by atoms with Crippen LogP contribution in [0.25, 0.3) is 0 Å². The van der Waals surface area contributed by atoms with Gasteiger partial charge in [0.25, 0.3) is 0 Å². The van der Waals surface area contributed by atoms with Crippen molar-refractivity contribution in [1.82, 2.24) is 5.32 Å². The lowest BCUT2D eigenvalue weighted by molar-refractivity contribution is -0.132. The average molecular weight is 295 g/mol. The standard InChI is InChI=1S/C16H25NO2S/c1-5-6-9-19-13(4)16(18)17-14(11-12(2)3)15-8-7-10-20-15/h5,7-8,10,12-14H,1,6,9,11H2,2-4H3,(H,17,18). The summed E-state index contributed by atoms with van der Waals surface area (Å²) in [5.74, 6) is 0.479. The van der Waals surface area contributed by atoms with Crippen molar-refractivity contribution >= 4 is 17.2 Å². The molecule has 1 amide bonds. The van der Waals surface area contributed by atoms with Gasteiger partial charge in [-0.15, -0.1) is 17.9 Å². The van der Waals surface area contributed by atoms with Crippen molar-refractivity contribution in [2.24, 2.45) is 5.92 Å². The van der Waals surface area contributed by atoms with E-state index in [0.717, 1.165) is 12.8 Å². The van der Waals surface area contributed by atoms with E-state index in [4.69, 9.17) is 4.74 Å². The minimum atomic E-state index is -0.426. The van der Waals surface area contributed by atoms with E-state index < -0.39 is 6.10 Å². The zero-order valence-corrected chi connectivity index (χ0v) is 13.4. The van der Waals surface area contributed by atoms with Crippen molar-refractivity contribution in [2.75, 3.05) is 6.61 Å². The number of ether oxygens (including phenoxy) is 1. The lowest BCUT2D eigenvalue weighted by Crippen LogP contribution is -2.37. The number of hydrogen-bond donors (Lipinski definition) is 1. The molecule has 0 spiro atoms. The van der Waals surface area contributed by atoms with Gasteiger partial charge in [0.05, 0.1) is 12.6 Å². The first-order valence-corrected chi connectivity index (χ1v) is 7.98. The van der Waals surface area contributed by atoms with E-state index in [1.165, 1.54) is 4.88 Å². The fourth-order valence-electron chi connectivity index (χ4n) is 1.90. The first kappa shape index (κ1) is 16.9. The Morgan fingerprint density at radius 2 is 2.25 bits per heavy atom. The van der Waals surface area contributed by atoms with Crippen LogP contribution in [0, 0.1) is 5.92 Å². The molecule has 2 unspecified atom stereocenters. The molecule has 2 atom stereocenters. The number of carbonyl (C=O) groups excluding carboxylic acids is 1. The molecule has 0 aliphatic carbocycles. The number of amides is 1. The van der Waals surface area contributed by atoms with Gasteiger partial charge >= 0.3 is 0 Å². The molecule has 0 radical (unpaired) electrons. The first-order valence-electron chi connectivity index (χ1n) is 7.10. The monoisotopic (exact) mass is 295 g/mol. The Kier molecular flexibility index (Phi) is 7.55. The maximum absolute atomic E-state index is 12.2. The van der Waals surface area contributed by atoms with Gasteiger partial charge in [-0.3, -0.25) is 4.79 Å². The van der Waals surface area contributed by atoms with Gasteiger partial charge in [-0.05, 0) is 37.1 Å². The van der Waals surface area contributed by atoms with Gasteiger partial charge in [-0.2, -0.15) is 0 Å². The van der Waals surface area contributed by atoms with E-state index in [0.29, 0.717) is 12.5 Å². The number of nitrogens with one attached hydrogen (secondary N) is 1. The summed E-state index contributed by atoms with van der Waals surface area (Å²) in [5.41, 5.74) is 0. The third-order valence-electron chi connectivity index (χ3n) is 2.97. The molecule has 112 valence electrons. The van der Waals surface area contributed by atoms with E-state index in [9.17, 15) is 4.79 Å². The summed E-state index contributed by atoms with van der Waals surface area (Å²) < 4.78 is 5.49. The van der Waals surface area contributed by atoms with E-state index in [2.05, 4.69) is 31.8 Å². The topological polar surface area (TPSA) is 38.3 Å². The molecule has 0 saturated heterocycles. The molecule has 0 fully saturated rings. The van der Waals surface area contributed by atoms with Crippen molar-refractivity contribution in [3.05, 3.63) is 35.0 Å². The average Bonchev–Trinajstić information content (AvgIpc) is 2.91. The number of rotatable bonds is 9. The summed E-state index contributed by atoms with van der Waals surface area (Å²) in [4.78, 5) is 13.4. The zero-order valence-electron chi connectivity index (χ0n) is 12.6. The summed E-state index contributed by atoms with van der Waals surface area (Å²) in [6.45, 7) is 10.3. The first-order chi connectivity index (χ1) is 9.54. The maximum Gasteiger partial charge on any atom is 0.249 e. The van der Waals surface area contributed by atoms with Gasteiger partial charge in [-0.1, -0.05) is 26.0 Å². The predicted molar refractivity (Wildman–Crippen MR) is 84.9 cm³/mol. The van der Waals surface area contributed by atoms with Crippen LogP contribution in [0.3, 0.4) is 0 Å². The molecule has 1 aromatic heterocycles. The second kappa shape index (κ2) is 8.93. The molecular weight excluding hydrogens is 270 g/mol. The SMILES string of the molecule is C=CCCOC(C)C(=O)NC(CC(C)C)c1cccs1. The Morgan fingerprint density at radius 3 is 2.80 bits per heavy atom. The highest BCUT2D eigenvalue weighted by atomic mass is 32.1. The van der Waals surface area contributed by atoms with E-state index in [-0.39, 0.29) is 11.9 Å². The normalized spacial score (nSPS) is 14.0. The maximum atomic E-state index is 12.2. The van der Waals surface area contributed by atoms with E-state index in [1.54, 1.807) is 24.3 Å². The van der Waals surface area contributed by atoms with Crippen LogP contribution in [-0.2, 0) is 9.53 Å². The van der Waals surface area contributed by atoms with Crippen molar-refractivity contribution in [3.8, 4) is 0 Å². The van der Waals surface area contributed by atoms with Crippen molar-refractivity contribution in [1.29, 1.82) is 0 Å². The van der Waals surface area contributed by atoms with Crippen molar-refractivity contribution in [2.45, 2.75) is 45.8 Å². The number of carbonyl (C=O) groups is 1. The lowest BCUT2D eigenvalue weighted by Gasteiger charge is -2.22. The Balaban J connectivity index is 2.56. The highest BCUT2D eigenvalue weighted by molar-refractivity contribution is 7.10. The molecule has 0 aliphatic heterocycles. The second-order valence-electron chi connectivity index (χ2n) is 5.30. The molecular formula is C16H25NO2S. The van der Waals surface area contributed by atoms with Gasteiger partial charge in [0.2, 0.25) is 5.91 Å². The summed E-state index contributed by atoms with van der Waals surface area (Å²) in [5, 5.41) is 5.14. The van der Waals surface area contributed by atoms with Crippen LogP contribution in [0.1, 0.15) is 44.5 Å². The summed E-state index contributed by atoms with van der Waals surface area (Å²) >= 11 is 1.68. The summed E-state index contributed by atoms with van der Waals surface area (Å²) in [6.07, 6.45) is 3.06. The zero-order chi connectivity index (χ0) is 15.0. The molecule has 1 aromatic rings. The van der Waals surface area contributed by atoms with Crippen LogP contribution >= 0.6 is 11.3 Å². The van der Waals surface area contributed by atoms with Crippen LogP contribution in [0.2, 0.25) is 0 Å². The van der Waals surface area contributed by atoms with Crippen LogP contribution in [-0.4, -0.2) is 18.6 Å². The fourth-order valence-corrected chi connectivity index (χ4v) is 2.69. The predicted octanol–water partition coefficient (Wildman–Crippen LogP) is 3.93. The summed E-state index contributed by atoms with van der Waals surface area (Å²) in [6, 6.07) is 4.16. The quantitative estimate of drug-likeness (QED) is 0.553. The van der Waals surface area contributed by atoms with E-state index in [1.807, 2.05) is 11.4 Å². The van der Waals surface area contributed by atoms with E-state index >= 15 is 0 Å². The molecule has 1 heterocycles. The smallest absolute Gasteiger partial charge is 0.249 e. The molecule has 4 heteroatoms. The van der Waals surface area contributed by atoms with Crippen LogP contribution in [0.5, 0.6) is 0 Å². The van der Waals surface area contributed by atoms with Crippen molar-refractivity contribution in [3.63, 3.8) is 0 Å². The van der Waals surface area contributed by atoms with Gasteiger partial charge in [-0.25, -0.2) is 0 Å². The number of hydrogen-bond acceptors (Lipinski definition) is 3. The molecule has 20 heavy (non-hydrogen) atoms. The Labute approximate surface area is 126 Å². The second-order valence-corrected chi connectivity index (χ2v) is 6.28. The summed E-state index contributed by atoms with van der Waals surface area (Å²) in [7, 11) is 0. The third kappa shape index (κ3) is 5.88. The van der Waals surface area contributed by atoms with Gasteiger partial charge in [0.1, 0.15) is 6.10 Å². The minimum Gasteiger partial charge on any atom is -0.368 e. The molecule has 0 aromatic carbocycles. The van der Waals surface area contributed by atoms with Gasteiger partial charge in [0, 0.05) is 4.88 Å². The lowest BCUT2D eigenvalue weighted by atomic mass is 10.0. The molecule has 0 bridgehead atoms. The molecule has 1 rings (SSSR count). The Morgan fingerprint density at radius 1 is 1.50 bits per heavy atom. The van der Waals surface area contributed by atoms with Crippen LogP contribution < -0.4 is 5.32 Å². The van der Waals surface area contributed by atoms with Gasteiger partial charge in [0.15, 0.2) is 0 Å². The minimum absolute atomic E-state index is 0.0480. The molecule has 3 nitrogen and oxygen atoms in total. The highest BCUT2D eigenvalue weighted by Crippen LogP contribution is 2.25.